The molecular formula is C12H17N5O2. The summed E-state index contributed by atoms with van der Waals surface area (Å²) >= 11 is 0. The first-order valence-electron chi connectivity index (χ1n) is 6.52. The first kappa shape index (κ1) is 12.2. The van der Waals surface area contributed by atoms with E-state index in [1.165, 1.54) is 0 Å². The van der Waals surface area contributed by atoms with Gasteiger partial charge in [0.05, 0.1) is 6.20 Å². The van der Waals surface area contributed by atoms with Crippen molar-refractivity contribution in [1.29, 1.82) is 0 Å². The summed E-state index contributed by atoms with van der Waals surface area (Å²) < 4.78 is 11.2. The molecule has 1 aliphatic rings. The third-order valence-corrected chi connectivity index (χ3v) is 3.56. The second-order valence-electron chi connectivity index (χ2n) is 4.75. The number of rotatable bonds is 4. The van der Waals surface area contributed by atoms with Crippen molar-refractivity contribution in [2.45, 2.75) is 38.2 Å². The van der Waals surface area contributed by atoms with E-state index in [4.69, 9.17) is 15.0 Å². The second kappa shape index (κ2) is 4.65. The van der Waals surface area contributed by atoms with Crippen LogP contribution >= 0.6 is 0 Å². The van der Waals surface area contributed by atoms with Crippen molar-refractivity contribution in [2.24, 2.45) is 0 Å². The van der Waals surface area contributed by atoms with Gasteiger partial charge in [-0.05, 0) is 32.6 Å². The highest BCUT2D eigenvalue weighted by atomic mass is 16.5. The van der Waals surface area contributed by atoms with E-state index in [2.05, 4.69) is 20.3 Å². The molecule has 1 aliphatic carbocycles. The SMILES string of the molecule is CCOC1(c2noc(-c3cn[nH]c3N)n2)CCCC1. The van der Waals surface area contributed by atoms with Gasteiger partial charge in [-0.3, -0.25) is 5.10 Å². The van der Waals surface area contributed by atoms with E-state index in [1.54, 1.807) is 6.20 Å². The Morgan fingerprint density at radius 1 is 1.47 bits per heavy atom. The first-order valence-corrected chi connectivity index (χ1v) is 6.52. The molecule has 0 bridgehead atoms. The van der Waals surface area contributed by atoms with Crippen LogP contribution in [-0.4, -0.2) is 26.9 Å². The van der Waals surface area contributed by atoms with Gasteiger partial charge in [0.2, 0.25) is 5.82 Å². The highest BCUT2D eigenvalue weighted by Crippen LogP contribution is 2.41. The van der Waals surface area contributed by atoms with Crippen molar-refractivity contribution in [2.75, 3.05) is 12.3 Å². The number of hydrogen-bond acceptors (Lipinski definition) is 6. The van der Waals surface area contributed by atoms with Crippen LogP contribution in [0.3, 0.4) is 0 Å². The molecule has 2 aromatic rings. The molecule has 1 fully saturated rings. The molecule has 2 aromatic heterocycles. The van der Waals surface area contributed by atoms with E-state index < -0.39 is 5.60 Å². The molecule has 3 rings (SSSR count). The molecule has 0 saturated heterocycles. The van der Waals surface area contributed by atoms with Crippen LogP contribution in [0.15, 0.2) is 10.7 Å². The highest BCUT2D eigenvalue weighted by Gasteiger charge is 2.41. The Morgan fingerprint density at radius 3 is 2.89 bits per heavy atom. The van der Waals surface area contributed by atoms with Gasteiger partial charge < -0.3 is 15.0 Å². The average Bonchev–Trinajstić information content (AvgIpc) is 3.08. The number of nitrogens with two attached hydrogens (primary N) is 1. The Bertz CT molecular complexity index is 556. The lowest BCUT2D eigenvalue weighted by Gasteiger charge is -2.24. The zero-order valence-corrected chi connectivity index (χ0v) is 10.8. The minimum absolute atomic E-state index is 0.382. The molecule has 0 amide bonds. The molecule has 0 aliphatic heterocycles. The number of H-pyrrole nitrogens is 1. The highest BCUT2D eigenvalue weighted by molar-refractivity contribution is 5.65. The van der Waals surface area contributed by atoms with Crippen LogP contribution in [0.2, 0.25) is 0 Å². The maximum Gasteiger partial charge on any atom is 0.263 e. The number of nitrogens with zero attached hydrogens (tertiary/aromatic N) is 3. The minimum atomic E-state index is -0.394. The Hall–Kier alpha value is -1.89. The maximum absolute atomic E-state index is 5.90. The Morgan fingerprint density at radius 2 is 2.26 bits per heavy atom. The molecule has 0 radical (unpaired) electrons. The molecule has 1 saturated carbocycles. The number of ether oxygens (including phenoxy) is 1. The average molecular weight is 263 g/mol. The third kappa shape index (κ3) is 1.99. The van der Waals surface area contributed by atoms with Crippen LogP contribution in [-0.2, 0) is 10.3 Å². The third-order valence-electron chi connectivity index (χ3n) is 3.56. The first-order chi connectivity index (χ1) is 9.25. The molecule has 7 heteroatoms. The van der Waals surface area contributed by atoms with E-state index >= 15 is 0 Å². The van der Waals surface area contributed by atoms with E-state index in [-0.39, 0.29) is 0 Å². The lowest BCUT2D eigenvalue weighted by molar-refractivity contribution is -0.0469. The lowest BCUT2D eigenvalue weighted by atomic mass is 10.0. The molecule has 0 atom stereocenters. The Kier molecular flexibility index (Phi) is 2.98. The Balaban J connectivity index is 1.94. The second-order valence-corrected chi connectivity index (χ2v) is 4.75. The molecule has 0 aromatic carbocycles. The summed E-state index contributed by atoms with van der Waals surface area (Å²) in [6.07, 6.45) is 5.69. The normalized spacial score (nSPS) is 17.9. The lowest BCUT2D eigenvalue weighted by Crippen LogP contribution is -2.27. The monoisotopic (exact) mass is 263 g/mol. The number of nitrogens with one attached hydrogen (secondary N) is 1. The van der Waals surface area contributed by atoms with Gasteiger partial charge in [0.1, 0.15) is 17.0 Å². The van der Waals surface area contributed by atoms with Crippen molar-refractivity contribution >= 4 is 5.82 Å². The maximum atomic E-state index is 5.90. The summed E-state index contributed by atoms with van der Waals surface area (Å²) in [4.78, 5) is 4.44. The fourth-order valence-corrected chi connectivity index (χ4v) is 2.64. The van der Waals surface area contributed by atoms with Gasteiger partial charge in [0.15, 0.2) is 0 Å². The predicted molar refractivity (Wildman–Crippen MR) is 68.1 cm³/mol. The van der Waals surface area contributed by atoms with Crippen LogP contribution in [0.4, 0.5) is 5.82 Å². The fourth-order valence-electron chi connectivity index (χ4n) is 2.64. The largest absolute Gasteiger partial charge is 0.383 e. The molecule has 3 N–H and O–H groups in total. The van der Waals surface area contributed by atoms with Crippen LogP contribution in [0.25, 0.3) is 11.5 Å². The molecule has 102 valence electrons. The van der Waals surface area contributed by atoms with E-state index in [1.807, 2.05) is 6.92 Å². The van der Waals surface area contributed by atoms with E-state index in [0.717, 1.165) is 25.7 Å². The molecule has 7 nitrogen and oxygen atoms in total. The van der Waals surface area contributed by atoms with E-state index in [0.29, 0.717) is 29.7 Å². The summed E-state index contributed by atoms with van der Waals surface area (Å²) in [5.41, 5.74) is 5.98. The minimum Gasteiger partial charge on any atom is -0.383 e. The zero-order valence-electron chi connectivity index (χ0n) is 10.8. The van der Waals surface area contributed by atoms with Crippen molar-refractivity contribution in [3.05, 3.63) is 12.0 Å². The van der Waals surface area contributed by atoms with Crippen LogP contribution in [0.5, 0.6) is 0 Å². The number of anilines is 1. The topological polar surface area (TPSA) is 103 Å². The summed E-state index contributed by atoms with van der Waals surface area (Å²) in [5, 5.41) is 10.6. The quantitative estimate of drug-likeness (QED) is 0.872. The molecule has 0 spiro atoms. The molecule has 2 heterocycles. The molecule has 0 unspecified atom stereocenters. The summed E-state index contributed by atoms with van der Waals surface area (Å²) in [7, 11) is 0. The molecular weight excluding hydrogens is 246 g/mol. The van der Waals surface area contributed by atoms with Gasteiger partial charge in [-0.2, -0.15) is 10.1 Å². The van der Waals surface area contributed by atoms with E-state index in [9.17, 15) is 0 Å². The summed E-state index contributed by atoms with van der Waals surface area (Å²) in [6.45, 7) is 2.62. The number of aromatic amines is 1. The summed E-state index contributed by atoms with van der Waals surface area (Å²) in [5.74, 6) is 1.42. The van der Waals surface area contributed by atoms with Gasteiger partial charge in [-0.15, -0.1) is 0 Å². The van der Waals surface area contributed by atoms with Gasteiger partial charge in [-0.25, -0.2) is 0 Å². The number of nitrogen functional groups attached to an aromatic ring is 1. The Labute approximate surface area is 110 Å². The van der Waals surface area contributed by atoms with Crippen LogP contribution < -0.4 is 5.73 Å². The predicted octanol–water partition coefficient (Wildman–Crippen LogP) is 1.85. The van der Waals surface area contributed by atoms with Crippen LogP contribution in [0, 0.1) is 0 Å². The van der Waals surface area contributed by atoms with Gasteiger partial charge in [-0.1, -0.05) is 5.16 Å². The van der Waals surface area contributed by atoms with Gasteiger partial charge >= 0.3 is 0 Å². The number of hydrogen-bond donors (Lipinski definition) is 2. The van der Waals surface area contributed by atoms with Gasteiger partial charge in [0, 0.05) is 6.61 Å². The fraction of sp³-hybridized carbons (Fsp3) is 0.583. The summed E-state index contributed by atoms with van der Waals surface area (Å²) in [6, 6.07) is 0. The zero-order chi connectivity index (χ0) is 13.3. The van der Waals surface area contributed by atoms with Crippen molar-refractivity contribution in [1.82, 2.24) is 20.3 Å². The van der Waals surface area contributed by atoms with Crippen molar-refractivity contribution in [3.63, 3.8) is 0 Å². The van der Waals surface area contributed by atoms with Crippen LogP contribution in [0.1, 0.15) is 38.4 Å². The van der Waals surface area contributed by atoms with Crippen molar-refractivity contribution in [3.8, 4) is 11.5 Å². The molecule has 19 heavy (non-hydrogen) atoms. The smallest absolute Gasteiger partial charge is 0.263 e. The standard InChI is InChI=1S/C12H17N5O2/c1-2-18-12(5-3-4-6-12)11-15-10(19-17-11)8-7-14-16-9(8)13/h7H,2-6H2,1H3,(H3,13,14,16). The van der Waals surface area contributed by atoms with Crippen molar-refractivity contribution < 1.29 is 9.26 Å². The van der Waals surface area contributed by atoms with Gasteiger partial charge in [0.25, 0.3) is 5.89 Å². The number of aromatic nitrogens is 4.